The molecule has 8 nitrogen and oxygen atoms in total. The molecule has 0 saturated carbocycles. The Bertz CT molecular complexity index is 1040. The summed E-state index contributed by atoms with van der Waals surface area (Å²) in [4.78, 5) is 24.0. The molecule has 3 rings (SSSR count). The summed E-state index contributed by atoms with van der Waals surface area (Å²) >= 11 is 5.90. The molecule has 1 N–H and O–H groups in total. The lowest BCUT2D eigenvalue weighted by Gasteiger charge is -2.06. The van der Waals surface area contributed by atoms with Gasteiger partial charge in [0.05, 0.1) is 23.3 Å². The maximum atomic E-state index is 12.0. The SMILES string of the molecule is N#Cc1ccc(NC(=O)COC(=O)c2cn(Cc3ccccc3)nn2)cc1Cl. The molecule has 28 heavy (non-hydrogen) atoms. The number of ether oxygens (including phenoxy) is 1. The van der Waals surface area contributed by atoms with E-state index in [4.69, 9.17) is 21.6 Å². The number of anilines is 1. The lowest BCUT2D eigenvalue weighted by Crippen LogP contribution is -2.21. The number of benzene rings is 2. The van der Waals surface area contributed by atoms with E-state index in [2.05, 4.69) is 15.6 Å². The van der Waals surface area contributed by atoms with Gasteiger partial charge in [0.25, 0.3) is 5.91 Å². The highest BCUT2D eigenvalue weighted by molar-refractivity contribution is 6.32. The number of esters is 1. The van der Waals surface area contributed by atoms with E-state index in [9.17, 15) is 9.59 Å². The van der Waals surface area contributed by atoms with Gasteiger partial charge in [-0.25, -0.2) is 9.48 Å². The van der Waals surface area contributed by atoms with Gasteiger partial charge >= 0.3 is 5.97 Å². The normalized spacial score (nSPS) is 10.1. The Morgan fingerprint density at radius 2 is 2.00 bits per heavy atom. The van der Waals surface area contributed by atoms with Gasteiger partial charge in [-0.3, -0.25) is 4.79 Å². The molecular weight excluding hydrogens is 382 g/mol. The van der Waals surface area contributed by atoms with Crippen LogP contribution in [0.2, 0.25) is 5.02 Å². The molecule has 0 spiro atoms. The van der Waals surface area contributed by atoms with Crippen LogP contribution in [-0.4, -0.2) is 33.5 Å². The molecule has 3 aromatic rings. The number of nitriles is 1. The van der Waals surface area contributed by atoms with Crippen molar-refractivity contribution in [2.75, 3.05) is 11.9 Å². The fourth-order valence-electron chi connectivity index (χ4n) is 2.33. The Morgan fingerprint density at radius 3 is 2.71 bits per heavy atom. The number of halogens is 1. The second-order valence-corrected chi connectivity index (χ2v) is 6.12. The summed E-state index contributed by atoms with van der Waals surface area (Å²) in [7, 11) is 0. The van der Waals surface area contributed by atoms with Crippen molar-refractivity contribution in [1.29, 1.82) is 5.26 Å². The summed E-state index contributed by atoms with van der Waals surface area (Å²) in [6, 6.07) is 15.9. The first-order valence-electron chi connectivity index (χ1n) is 8.16. The Kier molecular flexibility index (Phi) is 5.99. The number of carbonyl (C=O) groups is 2. The maximum absolute atomic E-state index is 12.0. The van der Waals surface area contributed by atoms with E-state index in [0.29, 0.717) is 17.8 Å². The van der Waals surface area contributed by atoms with E-state index in [1.807, 2.05) is 36.4 Å². The number of nitrogens with zero attached hydrogens (tertiary/aromatic N) is 4. The summed E-state index contributed by atoms with van der Waals surface area (Å²) < 4.78 is 6.45. The third-order valence-corrected chi connectivity index (χ3v) is 3.96. The van der Waals surface area contributed by atoms with Crippen LogP contribution in [0.25, 0.3) is 0 Å². The average molecular weight is 396 g/mol. The summed E-state index contributed by atoms with van der Waals surface area (Å²) in [6.45, 7) is -0.0386. The summed E-state index contributed by atoms with van der Waals surface area (Å²) in [6.07, 6.45) is 1.45. The molecule has 0 aliphatic heterocycles. The van der Waals surface area contributed by atoms with E-state index in [1.54, 1.807) is 0 Å². The van der Waals surface area contributed by atoms with Crippen molar-refractivity contribution < 1.29 is 14.3 Å². The first kappa shape index (κ1) is 19.1. The smallest absolute Gasteiger partial charge is 0.361 e. The van der Waals surface area contributed by atoms with Gasteiger partial charge in [-0.2, -0.15) is 5.26 Å². The van der Waals surface area contributed by atoms with E-state index < -0.39 is 18.5 Å². The molecule has 0 radical (unpaired) electrons. The first-order valence-corrected chi connectivity index (χ1v) is 8.53. The predicted molar refractivity (Wildman–Crippen MR) is 101 cm³/mol. The maximum Gasteiger partial charge on any atom is 0.361 e. The lowest BCUT2D eigenvalue weighted by atomic mass is 10.2. The zero-order chi connectivity index (χ0) is 19.9. The van der Waals surface area contributed by atoms with Crippen molar-refractivity contribution in [1.82, 2.24) is 15.0 Å². The van der Waals surface area contributed by atoms with Gasteiger partial charge in [-0.1, -0.05) is 47.1 Å². The zero-order valence-corrected chi connectivity index (χ0v) is 15.3. The van der Waals surface area contributed by atoms with Crippen LogP contribution in [0.4, 0.5) is 5.69 Å². The molecule has 140 valence electrons. The molecular formula is C19H14ClN5O3. The van der Waals surface area contributed by atoms with Crippen LogP contribution in [-0.2, 0) is 16.1 Å². The van der Waals surface area contributed by atoms with E-state index in [-0.39, 0.29) is 10.7 Å². The Hall–Kier alpha value is -3.70. The topological polar surface area (TPSA) is 110 Å². The molecule has 0 unspecified atom stereocenters. The molecule has 1 aromatic heterocycles. The lowest BCUT2D eigenvalue weighted by molar-refractivity contribution is -0.119. The van der Waals surface area contributed by atoms with Crippen LogP contribution in [0.1, 0.15) is 21.6 Å². The van der Waals surface area contributed by atoms with E-state index in [1.165, 1.54) is 29.1 Å². The van der Waals surface area contributed by atoms with Crippen molar-refractivity contribution in [2.24, 2.45) is 0 Å². The Morgan fingerprint density at radius 1 is 1.21 bits per heavy atom. The highest BCUT2D eigenvalue weighted by atomic mass is 35.5. The molecule has 1 heterocycles. The zero-order valence-electron chi connectivity index (χ0n) is 14.5. The van der Waals surface area contributed by atoms with Gasteiger partial charge in [0.1, 0.15) is 6.07 Å². The number of hydrogen-bond acceptors (Lipinski definition) is 6. The van der Waals surface area contributed by atoms with Crippen molar-refractivity contribution in [3.8, 4) is 6.07 Å². The second-order valence-electron chi connectivity index (χ2n) is 5.72. The van der Waals surface area contributed by atoms with Crippen LogP contribution in [0.3, 0.4) is 0 Å². The molecule has 9 heteroatoms. The van der Waals surface area contributed by atoms with Crippen molar-refractivity contribution in [2.45, 2.75) is 6.54 Å². The second kappa shape index (κ2) is 8.79. The van der Waals surface area contributed by atoms with Gasteiger partial charge in [0, 0.05) is 5.69 Å². The Labute approximate surface area is 165 Å². The fraction of sp³-hybridized carbons (Fsp3) is 0.105. The number of amides is 1. The van der Waals surface area contributed by atoms with Crippen LogP contribution in [0, 0.1) is 11.3 Å². The molecule has 1 amide bonds. The number of carbonyl (C=O) groups excluding carboxylic acids is 2. The number of hydrogen-bond donors (Lipinski definition) is 1. The van der Waals surface area contributed by atoms with Gasteiger partial charge in [-0.15, -0.1) is 5.10 Å². The number of rotatable bonds is 6. The highest BCUT2D eigenvalue weighted by Gasteiger charge is 2.15. The van der Waals surface area contributed by atoms with Crippen molar-refractivity contribution in [3.63, 3.8) is 0 Å². The van der Waals surface area contributed by atoms with E-state index in [0.717, 1.165) is 5.56 Å². The summed E-state index contributed by atoms with van der Waals surface area (Å²) in [5.74, 6) is -1.31. The van der Waals surface area contributed by atoms with E-state index >= 15 is 0 Å². The molecule has 0 aliphatic rings. The molecule has 0 saturated heterocycles. The minimum absolute atomic E-state index is 0.00477. The van der Waals surface area contributed by atoms with Gasteiger partial charge in [0.2, 0.25) is 0 Å². The van der Waals surface area contributed by atoms with Gasteiger partial charge in [0.15, 0.2) is 12.3 Å². The number of aromatic nitrogens is 3. The third kappa shape index (κ3) is 4.93. The summed E-state index contributed by atoms with van der Waals surface area (Å²) in [5, 5.41) is 19.2. The van der Waals surface area contributed by atoms with Crippen molar-refractivity contribution in [3.05, 3.63) is 76.6 Å². The quantitative estimate of drug-likeness (QED) is 0.642. The van der Waals surface area contributed by atoms with Crippen LogP contribution < -0.4 is 5.32 Å². The minimum atomic E-state index is -0.757. The van der Waals surface area contributed by atoms with Crippen molar-refractivity contribution >= 4 is 29.2 Å². The molecule has 0 atom stereocenters. The largest absolute Gasteiger partial charge is 0.451 e. The fourth-order valence-corrected chi connectivity index (χ4v) is 2.55. The average Bonchev–Trinajstić information content (AvgIpc) is 3.15. The molecule has 0 fully saturated rings. The standard InChI is InChI=1S/C19H14ClN5O3/c20-16-8-15(7-6-14(16)9-21)22-18(26)12-28-19(27)17-11-25(24-23-17)10-13-4-2-1-3-5-13/h1-8,11H,10,12H2,(H,22,26). The molecule has 0 aliphatic carbocycles. The summed E-state index contributed by atoms with van der Waals surface area (Å²) in [5.41, 5.74) is 1.70. The monoisotopic (exact) mass is 395 g/mol. The molecule has 2 aromatic carbocycles. The van der Waals surface area contributed by atoms with Crippen LogP contribution >= 0.6 is 11.6 Å². The van der Waals surface area contributed by atoms with Gasteiger partial charge < -0.3 is 10.1 Å². The van der Waals surface area contributed by atoms with Crippen LogP contribution in [0.15, 0.2) is 54.7 Å². The number of nitrogens with one attached hydrogen (secondary N) is 1. The predicted octanol–water partition coefficient (Wildman–Crippen LogP) is 2.65. The third-order valence-electron chi connectivity index (χ3n) is 3.64. The Balaban J connectivity index is 1.52. The first-order chi connectivity index (χ1) is 13.5. The van der Waals surface area contributed by atoms with Gasteiger partial charge in [-0.05, 0) is 23.8 Å². The molecule has 0 bridgehead atoms. The highest BCUT2D eigenvalue weighted by Crippen LogP contribution is 2.20. The minimum Gasteiger partial charge on any atom is -0.451 e. The van der Waals surface area contributed by atoms with Crippen LogP contribution in [0.5, 0.6) is 0 Å².